The van der Waals surface area contributed by atoms with Crippen LogP contribution in [0.3, 0.4) is 0 Å². The van der Waals surface area contributed by atoms with E-state index >= 15 is 0 Å². The lowest BCUT2D eigenvalue weighted by Crippen LogP contribution is -2.48. The second-order valence-electron chi connectivity index (χ2n) is 14.2. The molecule has 4 aromatic rings. The van der Waals surface area contributed by atoms with Crippen molar-refractivity contribution in [2.75, 3.05) is 58.2 Å². The molecule has 2 fully saturated rings. The molecule has 4 aromatic carbocycles. The average molecular weight is 839 g/mol. The van der Waals surface area contributed by atoms with Crippen molar-refractivity contribution in [2.45, 2.75) is 49.2 Å². The Morgan fingerprint density at radius 3 is 1.35 bits per heavy atom. The highest BCUT2D eigenvalue weighted by Gasteiger charge is 2.38. The number of hydrogen-bond acceptors (Lipinski definition) is 9. The first-order chi connectivity index (χ1) is 28.5. The normalized spacial score (nSPS) is 16.5. The molecule has 2 aliphatic heterocycles. The van der Waals surface area contributed by atoms with Gasteiger partial charge in [0.25, 0.3) is 5.69 Å². The number of nitrogens with two attached hydrogens (primary N) is 1. The van der Waals surface area contributed by atoms with E-state index in [1.807, 2.05) is 4.90 Å². The van der Waals surface area contributed by atoms with E-state index in [0.29, 0.717) is 82.1 Å². The number of ether oxygens (including phenoxy) is 4. The monoisotopic (exact) mass is 838 g/mol. The Morgan fingerprint density at radius 2 is 1.00 bits per heavy atom. The number of para-hydroxylation sites is 2. The molecule has 0 atom stereocenters. The van der Waals surface area contributed by atoms with Crippen molar-refractivity contribution in [3.8, 4) is 47.7 Å². The summed E-state index contributed by atoms with van der Waals surface area (Å²) < 4.78 is 101. The minimum absolute atomic E-state index is 0.0379. The van der Waals surface area contributed by atoms with Crippen LogP contribution in [-0.2, 0) is 12.4 Å². The van der Waals surface area contributed by atoms with Crippen LogP contribution >= 0.6 is 0 Å². The Bertz CT molecular complexity index is 2100. The number of anilines is 1. The van der Waals surface area contributed by atoms with E-state index < -0.39 is 39.6 Å². The van der Waals surface area contributed by atoms with Crippen LogP contribution in [0.5, 0.6) is 23.0 Å². The highest BCUT2D eigenvalue weighted by Crippen LogP contribution is 2.37. The molecule has 318 valence electrons. The quantitative estimate of drug-likeness (QED) is 0.0465. The minimum atomic E-state index is -4.47. The number of nitrogen functional groups attached to an aromatic ring is 1. The maximum Gasteiger partial charge on any atom is 0.419 e. The van der Waals surface area contributed by atoms with Crippen molar-refractivity contribution in [3.05, 3.63) is 118 Å². The summed E-state index contributed by atoms with van der Waals surface area (Å²) in [5, 5.41) is 10.8. The average Bonchev–Trinajstić information content (AvgIpc) is 3.23. The van der Waals surface area contributed by atoms with Crippen LogP contribution < -0.4 is 24.7 Å². The number of likely N-dealkylation sites (tertiary alicyclic amines) is 2. The zero-order chi connectivity index (χ0) is 43.4. The number of hydrogen-bond donors (Lipinski definition) is 1. The molecule has 6 rings (SSSR count). The number of piperidine rings is 2. The summed E-state index contributed by atoms with van der Waals surface area (Å²) in [7, 11) is 0. The summed E-state index contributed by atoms with van der Waals surface area (Å²) >= 11 is 0. The molecule has 0 bridgehead atoms. The van der Waals surface area contributed by atoms with Gasteiger partial charge in [0.1, 0.15) is 36.2 Å². The summed E-state index contributed by atoms with van der Waals surface area (Å²) in [5.41, 5.74) is 3.21. The maximum absolute atomic E-state index is 13.0. The Balaban J connectivity index is 0.000000228. The first-order valence-corrected chi connectivity index (χ1v) is 19.0. The van der Waals surface area contributed by atoms with Gasteiger partial charge >= 0.3 is 12.4 Å². The molecule has 2 aliphatic rings. The Morgan fingerprint density at radius 1 is 0.633 bits per heavy atom. The molecule has 60 heavy (non-hydrogen) atoms. The van der Waals surface area contributed by atoms with Gasteiger partial charge in [0.2, 0.25) is 0 Å². The number of nitro benzene ring substituents is 1. The molecular weight excluding hydrogens is 794 g/mol. The van der Waals surface area contributed by atoms with Gasteiger partial charge in [0.05, 0.1) is 16.1 Å². The van der Waals surface area contributed by atoms with Crippen molar-refractivity contribution in [1.29, 1.82) is 0 Å². The molecule has 16 heteroatoms. The summed E-state index contributed by atoms with van der Waals surface area (Å²) in [6.07, 6.45) is 4.81. The van der Waals surface area contributed by atoms with Gasteiger partial charge in [-0.1, -0.05) is 36.1 Å². The highest BCUT2D eigenvalue weighted by molar-refractivity contribution is 5.42. The third kappa shape index (κ3) is 12.5. The van der Waals surface area contributed by atoms with Gasteiger partial charge in [0, 0.05) is 82.8 Å². The van der Waals surface area contributed by atoms with Gasteiger partial charge in [0.15, 0.2) is 11.2 Å². The lowest BCUT2D eigenvalue weighted by atomic mass is 9.92. The molecule has 0 spiro atoms. The zero-order valence-corrected chi connectivity index (χ0v) is 32.5. The van der Waals surface area contributed by atoms with Crippen LogP contribution in [0.1, 0.15) is 36.8 Å². The predicted molar refractivity (Wildman–Crippen MR) is 214 cm³/mol. The number of nitrogens with zero attached hydrogens (tertiary/aromatic N) is 3. The molecule has 2 saturated heterocycles. The van der Waals surface area contributed by atoms with Crippen molar-refractivity contribution in [1.82, 2.24) is 9.80 Å². The lowest BCUT2D eigenvalue weighted by Gasteiger charge is -2.38. The van der Waals surface area contributed by atoms with E-state index in [-0.39, 0.29) is 30.4 Å². The molecule has 2 N–H and O–H groups in total. The van der Waals surface area contributed by atoms with Gasteiger partial charge < -0.3 is 24.7 Å². The van der Waals surface area contributed by atoms with Gasteiger partial charge in [-0.3, -0.25) is 19.9 Å². The smallest absolute Gasteiger partial charge is 0.419 e. The van der Waals surface area contributed by atoms with E-state index in [1.54, 1.807) is 24.3 Å². The molecule has 0 saturated carbocycles. The highest BCUT2D eigenvalue weighted by atomic mass is 19.4. The number of nitro groups is 1. The van der Waals surface area contributed by atoms with Crippen molar-refractivity contribution in [3.63, 3.8) is 0 Å². The van der Waals surface area contributed by atoms with E-state index in [9.17, 15) is 36.5 Å². The van der Waals surface area contributed by atoms with Crippen LogP contribution in [0.4, 0.5) is 37.7 Å². The van der Waals surface area contributed by atoms with Crippen molar-refractivity contribution < 1.29 is 50.2 Å². The minimum Gasteiger partial charge on any atom is -0.492 e. The standard InChI is InChI=1S/C22H21F3N2O4.C22H23F3N2O2/c1-2-21(31-18-9-7-17(8-10-18)27(28)29)11-13-26(14-12-21)15-16-30-20-6-4-3-5-19(20)22(23,24)25;1-2-21(29-18-9-7-17(26)8-10-18)11-13-27(14-12-21)15-16-28-20-6-4-3-5-19(20)22(23,24)25/h1,3-10H,11-16H2;1,3-10H,11-16,26H2. The lowest BCUT2D eigenvalue weighted by molar-refractivity contribution is -0.384. The van der Waals surface area contributed by atoms with Crippen LogP contribution in [0.15, 0.2) is 97.1 Å². The maximum atomic E-state index is 13.0. The van der Waals surface area contributed by atoms with Crippen molar-refractivity contribution >= 4 is 11.4 Å². The number of alkyl halides is 6. The third-order valence-corrected chi connectivity index (χ3v) is 10.1. The number of rotatable bonds is 13. The van der Waals surface area contributed by atoms with Gasteiger partial charge in [-0.05, 0) is 60.7 Å². The van der Waals surface area contributed by atoms with Gasteiger partial charge in [-0.25, -0.2) is 0 Å². The molecular formula is C44H44F6N4O6. The molecule has 0 aromatic heterocycles. The zero-order valence-electron chi connectivity index (χ0n) is 32.5. The second kappa shape index (κ2) is 19.8. The summed E-state index contributed by atoms with van der Waals surface area (Å²) in [6.45, 7) is 3.74. The predicted octanol–water partition coefficient (Wildman–Crippen LogP) is 8.75. The summed E-state index contributed by atoms with van der Waals surface area (Å²) in [4.78, 5) is 14.4. The Kier molecular flexibility index (Phi) is 14.8. The fraction of sp³-hybridized carbons (Fsp3) is 0.364. The first-order valence-electron chi connectivity index (χ1n) is 19.0. The summed E-state index contributed by atoms with van der Waals surface area (Å²) in [5.74, 6) is 6.23. The molecule has 0 radical (unpaired) electrons. The van der Waals surface area contributed by atoms with Gasteiger partial charge in [-0.15, -0.1) is 12.8 Å². The Hall–Kier alpha value is -6.10. The van der Waals surface area contributed by atoms with Crippen LogP contribution in [0, 0.1) is 34.8 Å². The number of terminal acetylenes is 2. The number of non-ortho nitro benzene ring substituents is 1. The fourth-order valence-electron chi connectivity index (χ4n) is 6.67. The molecule has 0 amide bonds. The number of halogens is 6. The summed E-state index contributed by atoms with van der Waals surface area (Å²) in [6, 6.07) is 23.2. The number of benzene rings is 4. The molecule has 0 unspecified atom stereocenters. The molecule has 10 nitrogen and oxygen atoms in total. The first kappa shape index (κ1) is 45.0. The second-order valence-corrected chi connectivity index (χ2v) is 14.2. The van der Waals surface area contributed by atoms with Crippen molar-refractivity contribution in [2.24, 2.45) is 0 Å². The van der Waals surface area contributed by atoms with E-state index in [2.05, 4.69) is 16.7 Å². The van der Waals surface area contributed by atoms with Gasteiger partial charge in [-0.2, -0.15) is 26.3 Å². The molecule has 2 heterocycles. The van der Waals surface area contributed by atoms with E-state index in [0.717, 1.165) is 12.1 Å². The van der Waals surface area contributed by atoms with Crippen LogP contribution in [0.25, 0.3) is 0 Å². The third-order valence-electron chi connectivity index (χ3n) is 10.1. The SMILES string of the molecule is C#CC1(Oc2ccc(N)cc2)CCN(CCOc2ccccc2C(F)(F)F)CC1.C#CC1(Oc2ccc([N+](=O)[O-])cc2)CCN(CCOc2ccccc2C(F)(F)F)CC1. The topological polar surface area (TPSA) is 113 Å². The van der Waals surface area contributed by atoms with Crippen LogP contribution in [0.2, 0.25) is 0 Å². The largest absolute Gasteiger partial charge is 0.492 e. The fourth-order valence-corrected chi connectivity index (χ4v) is 6.67. The Labute approximate surface area is 344 Å². The molecule has 0 aliphatic carbocycles. The van der Waals surface area contributed by atoms with E-state index in [4.69, 9.17) is 37.5 Å². The van der Waals surface area contributed by atoms with Crippen LogP contribution in [-0.4, -0.2) is 78.4 Å². The van der Waals surface area contributed by atoms with E-state index in [1.165, 1.54) is 60.7 Å².